The first-order valence-corrected chi connectivity index (χ1v) is 7.54. The molecule has 0 amide bonds. The number of nitrogens with one attached hydrogen (secondary N) is 1. The van der Waals surface area contributed by atoms with Crippen molar-refractivity contribution in [1.82, 2.24) is 14.9 Å². The minimum absolute atomic E-state index is 0.538. The van der Waals surface area contributed by atoms with Gasteiger partial charge < -0.3 is 14.9 Å². The third kappa shape index (κ3) is 3.78. The van der Waals surface area contributed by atoms with E-state index >= 15 is 0 Å². The van der Waals surface area contributed by atoms with Gasteiger partial charge in [0.1, 0.15) is 12.0 Å². The first-order chi connectivity index (χ1) is 11.1. The summed E-state index contributed by atoms with van der Waals surface area (Å²) in [5, 5.41) is 21.4. The molecule has 1 unspecified atom stereocenters. The normalized spacial score (nSPS) is 12.3. The van der Waals surface area contributed by atoms with Crippen molar-refractivity contribution in [2.75, 3.05) is 5.32 Å². The molecular formula is C17H20N4O2. The van der Waals surface area contributed by atoms with Crippen LogP contribution >= 0.6 is 0 Å². The van der Waals surface area contributed by atoms with Gasteiger partial charge in [-0.05, 0) is 19.4 Å². The highest BCUT2D eigenvalue weighted by molar-refractivity contribution is 5.39. The lowest BCUT2D eigenvalue weighted by Gasteiger charge is -2.12. The van der Waals surface area contributed by atoms with E-state index in [2.05, 4.69) is 15.6 Å². The van der Waals surface area contributed by atoms with Crippen molar-refractivity contribution in [2.45, 2.75) is 33.0 Å². The minimum Gasteiger partial charge on any atom is -0.373 e. The third-order valence-electron chi connectivity index (χ3n) is 3.74. The molecule has 6 heteroatoms. The molecule has 0 spiro atoms. The van der Waals surface area contributed by atoms with Gasteiger partial charge in [0.05, 0.1) is 24.1 Å². The number of rotatable bonds is 6. The van der Waals surface area contributed by atoms with Crippen LogP contribution in [0.25, 0.3) is 0 Å². The van der Waals surface area contributed by atoms with Gasteiger partial charge in [-0.2, -0.15) is 5.10 Å². The summed E-state index contributed by atoms with van der Waals surface area (Å²) in [7, 11) is 0. The largest absolute Gasteiger partial charge is 0.373 e. The van der Waals surface area contributed by atoms with Gasteiger partial charge in [0.2, 0.25) is 0 Å². The summed E-state index contributed by atoms with van der Waals surface area (Å²) < 4.78 is 6.95. The number of hydrogen-bond acceptors (Lipinski definition) is 5. The molecule has 2 aromatic heterocycles. The Labute approximate surface area is 134 Å². The number of aliphatic hydroxyl groups excluding tert-OH is 1. The molecule has 0 saturated carbocycles. The Bertz CT molecular complexity index is 745. The predicted molar refractivity (Wildman–Crippen MR) is 87.1 cm³/mol. The molecule has 23 heavy (non-hydrogen) atoms. The first-order valence-electron chi connectivity index (χ1n) is 7.54. The summed E-state index contributed by atoms with van der Waals surface area (Å²) in [6.07, 6.45) is 3.44. The smallest absolute Gasteiger partial charge is 0.138 e. The van der Waals surface area contributed by atoms with E-state index in [1.54, 1.807) is 10.9 Å². The number of hydrogen-bond donors (Lipinski definition) is 2. The Balaban J connectivity index is 1.61. The molecular weight excluding hydrogens is 292 g/mol. The van der Waals surface area contributed by atoms with Gasteiger partial charge in [-0.15, -0.1) is 0 Å². The molecule has 2 N–H and O–H groups in total. The maximum Gasteiger partial charge on any atom is 0.138 e. The van der Waals surface area contributed by atoms with Gasteiger partial charge in [0.25, 0.3) is 0 Å². The van der Waals surface area contributed by atoms with E-state index in [4.69, 9.17) is 4.52 Å². The van der Waals surface area contributed by atoms with Gasteiger partial charge in [0.15, 0.2) is 0 Å². The zero-order valence-electron chi connectivity index (χ0n) is 13.2. The van der Waals surface area contributed by atoms with Gasteiger partial charge in [-0.3, -0.25) is 4.68 Å². The van der Waals surface area contributed by atoms with E-state index in [-0.39, 0.29) is 0 Å². The van der Waals surface area contributed by atoms with Gasteiger partial charge in [0, 0.05) is 18.2 Å². The molecule has 1 aromatic carbocycles. The van der Waals surface area contributed by atoms with Gasteiger partial charge in [-0.1, -0.05) is 35.5 Å². The molecule has 0 saturated heterocycles. The monoisotopic (exact) mass is 312 g/mol. The zero-order chi connectivity index (χ0) is 16.2. The topological polar surface area (TPSA) is 76.1 Å². The van der Waals surface area contributed by atoms with E-state index < -0.39 is 6.23 Å². The fourth-order valence-electron chi connectivity index (χ4n) is 2.49. The Kier molecular flexibility index (Phi) is 4.43. The molecule has 3 rings (SSSR count). The molecule has 0 bridgehead atoms. The Morgan fingerprint density at radius 2 is 2.04 bits per heavy atom. The lowest BCUT2D eigenvalue weighted by atomic mass is 10.1. The lowest BCUT2D eigenvalue weighted by Crippen LogP contribution is -2.21. The van der Waals surface area contributed by atoms with Crippen molar-refractivity contribution in [3.8, 4) is 0 Å². The van der Waals surface area contributed by atoms with Gasteiger partial charge in [-0.25, -0.2) is 0 Å². The van der Waals surface area contributed by atoms with Crippen molar-refractivity contribution < 1.29 is 9.63 Å². The second kappa shape index (κ2) is 6.66. The molecule has 120 valence electrons. The van der Waals surface area contributed by atoms with Crippen LogP contribution in [-0.2, 0) is 13.0 Å². The van der Waals surface area contributed by atoms with E-state index in [1.807, 2.05) is 50.4 Å². The lowest BCUT2D eigenvalue weighted by molar-refractivity contribution is 0.204. The second-order valence-electron chi connectivity index (χ2n) is 5.58. The van der Waals surface area contributed by atoms with Crippen molar-refractivity contribution in [3.05, 3.63) is 65.3 Å². The Morgan fingerprint density at radius 3 is 2.74 bits per heavy atom. The summed E-state index contributed by atoms with van der Waals surface area (Å²) >= 11 is 0. The van der Waals surface area contributed by atoms with Crippen LogP contribution in [0.1, 0.15) is 22.6 Å². The first kappa shape index (κ1) is 15.3. The number of anilines is 1. The van der Waals surface area contributed by atoms with Crippen molar-refractivity contribution in [3.63, 3.8) is 0 Å². The third-order valence-corrected chi connectivity index (χ3v) is 3.74. The molecule has 0 aliphatic heterocycles. The van der Waals surface area contributed by atoms with Crippen molar-refractivity contribution in [1.29, 1.82) is 0 Å². The maximum atomic E-state index is 10.1. The molecule has 2 heterocycles. The molecule has 0 radical (unpaired) electrons. The van der Waals surface area contributed by atoms with Gasteiger partial charge >= 0.3 is 0 Å². The molecule has 1 atom stereocenters. The summed E-state index contributed by atoms with van der Waals surface area (Å²) in [5.74, 6) is 0.802. The molecule has 0 aliphatic carbocycles. The highest BCUT2D eigenvalue weighted by Crippen LogP contribution is 2.15. The Morgan fingerprint density at radius 1 is 1.26 bits per heavy atom. The highest BCUT2D eigenvalue weighted by Gasteiger charge is 2.11. The Hall–Kier alpha value is -2.60. The predicted octanol–water partition coefficient (Wildman–Crippen LogP) is 2.51. The number of benzene rings is 1. The highest BCUT2D eigenvalue weighted by atomic mass is 16.5. The average Bonchev–Trinajstić information content (AvgIpc) is 3.10. The number of aryl methyl sites for hydroxylation is 2. The SMILES string of the molecule is Cc1noc(C)c1Cn1cc(NC(O)Cc2ccccc2)cn1. The van der Waals surface area contributed by atoms with Crippen LogP contribution in [0.2, 0.25) is 0 Å². The van der Waals surface area contributed by atoms with Crippen LogP contribution in [0.5, 0.6) is 0 Å². The molecule has 6 nitrogen and oxygen atoms in total. The van der Waals surface area contributed by atoms with E-state index in [9.17, 15) is 5.11 Å². The fourth-order valence-corrected chi connectivity index (χ4v) is 2.49. The number of nitrogens with zero attached hydrogens (tertiary/aromatic N) is 3. The minimum atomic E-state index is -0.658. The summed E-state index contributed by atoms with van der Waals surface area (Å²) in [5.41, 5.74) is 3.76. The average molecular weight is 312 g/mol. The van der Waals surface area contributed by atoms with E-state index in [0.29, 0.717) is 13.0 Å². The summed E-state index contributed by atoms with van der Waals surface area (Å²) in [6, 6.07) is 9.87. The van der Waals surface area contributed by atoms with Crippen molar-refractivity contribution >= 4 is 5.69 Å². The van der Waals surface area contributed by atoms with E-state index in [0.717, 1.165) is 28.3 Å². The fraction of sp³-hybridized carbons (Fsp3) is 0.294. The molecule has 0 fully saturated rings. The maximum absolute atomic E-state index is 10.1. The quantitative estimate of drug-likeness (QED) is 0.684. The van der Waals surface area contributed by atoms with Crippen LogP contribution < -0.4 is 5.32 Å². The molecule has 0 aliphatic rings. The summed E-state index contributed by atoms with van der Waals surface area (Å²) in [4.78, 5) is 0. The van der Waals surface area contributed by atoms with Crippen LogP contribution in [-0.4, -0.2) is 26.3 Å². The number of aromatic nitrogens is 3. The molecule has 3 aromatic rings. The zero-order valence-corrected chi connectivity index (χ0v) is 13.2. The van der Waals surface area contributed by atoms with Crippen LogP contribution in [0, 0.1) is 13.8 Å². The van der Waals surface area contributed by atoms with Crippen LogP contribution in [0.4, 0.5) is 5.69 Å². The van der Waals surface area contributed by atoms with E-state index in [1.165, 1.54) is 0 Å². The standard InChI is InChI=1S/C17H20N4O2/c1-12-16(13(2)23-20-12)11-21-10-15(9-18-21)19-17(22)8-14-6-4-3-5-7-14/h3-7,9-10,17,19,22H,8,11H2,1-2H3. The van der Waals surface area contributed by atoms with Crippen LogP contribution in [0.15, 0.2) is 47.2 Å². The van der Waals surface area contributed by atoms with Crippen LogP contribution in [0.3, 0.4) is 0 Å². The van der Waals surface area contributed by atoms with Crippen molar-refractivity contribution in [2.24, 2.45) is 0 Å². The summed E-state index contributed by atoms with van der Waals surface area (Å²) in [6.45, 7) is 4.40. The second-order valence-corrected chi connectivity index (χ2v) is 5.58. The number of aliphatic hydroxyl groups is 1.